The maximum atomic E-state index is 14.4. The molecule has 2 saturated heterocycles. The van der Waals surface area contributed by atoms with Crippen molar-refractivity contribution in [3.05, 3.63) is 78.0 Å². The number of primary amides is 1. The molecule has 6 rings (SSSR count). The highest BCUT2D eigenvalue weighted by Crippen LogP contribution is 2.61. The summed E-state index contributed by atoms with van der Waals surface area (Å²) in [5, 5.41) is 5.43. The number of anilines is 2. The Labute approximate surface area is 247 Å². The standard InChI is InChI=1S/C31H32F2N6O4/c32-19-2-5-21(6-3-19)36-29(41)31(28(34)40)18-25(31)24-7-4-20(33)16-26(24)43-23-8-11-35-27(17-23)37-30(42)39-14-9-22(10-15-39)38-12-1-13-38/h2-8,11,16-17,22,25H,1,9-10,12-15,18H2,(H2,34,40)(H,36,41)(H,35,37,42). The van der Waals surface area contributed by atoms with Gasteiger partial charge in [0.1, 0.15) is 34.4 Å². The number of urea groups is 1. The van der Waals surface area contributed by atoms with Crippen LogP contribution in [0.3, 0.4) is 0 Å². The molecule has 10 nitrogen and oxygen atoms in total. The van der Waals surface area contributed by atoms with Crippen molar-refractivity contribution in [3.8, 4) is 11.5 Å². The number of halogens is 2. The summed E-state index contributed by atoms with van der Waals surface area (Å²) in [7, 11) is 0. The van der Waals surface area contributed by atoms with Crippen molar-refractivity contribution in [1.82, 2.24) is 14.8 Å². The first-order chi connectivity index (χ1) is 20.7. The minimum absolute atomic E-state index is 0.0868. The number of nitrogens with zero attached hydrogens (tertiary/aromatic N) is 3. The summed E-state index contributed by atoms with van der Waals surface area (Å²) >= 11 is 0. The highest BCUT2D eigenvalue weighted by molar-refractivity contribution is 6.14. The van der Waals surface area contributed by atoms with Gasteiger partial charge in [0.15, 0.2) is 0 Å². The molecule has 3 aliphatic rings. The number of hydrogen-bond acceptors (Lipinski definition) is 6. The van der Waals surface area contributed by atoms with Crippen molar-refractivity contribution < 1.29 is 27.9 Å². The Morgan fingerprint density at radius 2 is 1.65 bits per heavy atom. The number of hydrogen-bond donors (Lipinski definition) is 3. The third-order valence-corrected chi connectivity index (χ3v) is 8.61. The maximum absolute atomic E-state index is 14.4. The zero-order valence-corrected chi connectivity index (χ0v) is 23.4. The fraction of sp³-hybridized carbons (Fsp3) is 0.355. The van der Waals surface area contributed by atoms with Gasteiger partial charge in [-0.3, -0.25) is 14.9 Å². The summed E-state index contributed by atoms with van der Waals surface area (Å²) in [4.78, 5) is 47.2. The molecule has 3 aromatic rings. The molecule has 1 saturated carbocycles. The van der Waals surface area contributed by atoms with E-state index in [1.165, 1.54) is 55.1 Å². The molecule has 0 bridgehead atoms. The van der Waals surface area contributed by atoms with Crippen LogP contribution < -0.4 is 21.1 Å². The van der Waals surface area contributed by atoms with Crippen LogP contribution in [0.2, 0.25) is 0 Å². The van der Waals surface area contributed by atoms with Gasteiger partial charge in [-0.1, -0.05) is 6.07 Å². The van der Waals surface area contributed by atoms with Crippen LogP contribution in [-0.4, -0.2) is 64.9 Å². The van der Waals surface area contributed by atoms with Gasteiger partial charge in [-0.2, -0.15) is 0 Å². The highest BCUT2D eigenvalue weighted by atomic mass is 19.1. The molecule has 1 aromatic heterocycles. The van der Waals surface area contributed by atoms with Crippen LogP contribution in [-0.2, 0) is 9.59 Å². The molecule has 0 spiro atoms. The smallest absolute Gasteiger partial charge is 0.323 e. The van der Waals surface area contributed by atoms with Crippen LogP contribution >= 0.6 is 0 Å². The van der Waals surface area contributed by atoms with Crippen LogP contribution in [0.15, 0.2) is 60.8 Å². The number of nitrogens with two attached hydrogens (primary N) is 1. The third-order valence-electron chi connectivity index (χ3n) is 8.61. The molecular formula is C31H32F2N6O4. The van der Waals surface area contributed by atoms with Gasteiger partial charge in [0.2, 0.25) is 11.8 Å². The number of ether oxygens (including phenoxy) is 1. The molecule has 1 aliphatic carbocycles. The number of piperidine rings is 1. The summed E-state index contributed by atoms with van der Waals surface area (Å²) < 4.78 is 33.7. The fourth-order valence-corrected chi connectivity index (χ4v) is 5.93. The number of pyridine rings is 1. The molecule has 2 atom stereocenters. The van der Waals surface area contributed by atoms with Crippen LogP contribution in [0.25, 0.3) is 0 Å². The molecule has 224 valence electrons. The number of carbonyl (C=O) groups is 3. The monoisotopic (exact) mass is 590 g/mol. The second-order valence-corrected chi connectivity index (χ2v) is 11.3. The molecule has 3 fully saturated rings. The number of nitrogens with one attached hydrogen (secondary N) is 2. The van der Waals surface area contributed by atoms with Crippen LogP contribution in [0.5, 0.6) is 11.5 Å². The molecule has 43 heavy (non-hydrogen) atoms. The average Bonchev–Trinajstić information content (AvgIpc) is 3.71. The molecule has 12 heteroatoms. The van der Waals surface area contributed by atoms with E-state index in [0.29, 0.717) is 30.4 Å². The van der Waals surface area contributed by atoms with Crippen molar-refractivity contribution in [2.24, 2.45) is 11.1 Å². The van der Waals surface area contributed by atoms with Crippen molar-refractivity contribution in [2.75, 3.05) is 36.8 Å². The first kappa shape index (κ1) is 28.5. The number of rotatable bonds is 8. The Morgan fingerprint density at radius 1 is 0.930 bits per heavy atom. The predicted molar refractivity (Wildman–Crippen MR) is 155 cm³/mol. The van der Waals surface area contributed by atoms with Crippen molar-refractivity contribution in [3.63, 3.8) is 0 Å². The Balaban J connectivity index is 1.15. The molecule has 4 N–H and O–H groups in total. The maximum Gasteiger partial charge on any atom is 0.323 e. The number of likely N-dealkylation sites (tertiary alicyclic amines) is 2. The zero-order valence-electron chi connectivity index (χ0n) is 23.4. The number of benzene rings is 2. The van der Waals surface area contributed by atoms with Crippen LogP contribution in [0.4, 0.5) is 25.1 Å². The van der Waals surface area contributed by atoms with Crippen LogP contribution in [0.1, 0.15) is 37.2 Å². The van der Waals surface area contributed by atoms with E-state index in [0.717, 1.165) is 32.0 Å². The second kappa shape index (κ2) is 11.6. The summed E-state index contributed by atoms with van der Waals surface area (Å²) in [6.45, 7) is 3.59. The third kappa shape index (κ3) is 5.87. The molecule has 2 unspecified atom stereocenters. The second-order valence-electron chi connectivity index (χ2n) is 11.3. The SMILES string of the molecule is NC(=O)C1(C(=O)Nc2ccc(F)cc2)CC1c1ccc(F)cc1Oc1ccnc(NC(=O)N2CCC(N3CCC3)CC2)c1. The highest BCUT2D eigenvalue weighted by Gasteiger charge is 2.66. The molecule has 3 heterocycles. The minimum Gasteiger partial charge on any atom is -0.457 e. The van der Waals surface area contributed by atoms with E-state index in [4.69, 9.17) is 10.5 Å². The fourth-order valence-electron chi connectivity index (χ4n) is 5.93. The molecule has 2 aliphatic heterocycles. The van der Waals surface area contributed by atoms with Crippen molar-refractivity contribution >= 4 is 29.4 Å². The van der Waals surface area contributed by atoms with E-state index < -0.39 is 34.8 Å². The van der Waals surface area contributed by atoms with Crippen molar-refractivity contribution in [2.45, 2.75) is 37.6 Å². The first-order valence-corrected chi connectivity index (χ1v) is 14.3. The van der Waals surface area contributed by atoms with E-state index in [9.17, 15) is 23.2 Å². The average molecular weight is 591 g/mol. The van der Waals surface area contributed by atoms with Gasteiger partial charge in [0.25, 0.3) is 0 Å². The Hall–Kier alpha value is -4.58. The minimum atomic E-state index is -1.59. The number of aromatic nitrogens is 1. The van der Waals surface area contributed by atoms with Gasteiger partial charge < -0.3 is 25.6 Å². The predicted octanol–water partition coefficient (Wildman–Crippen LogP) is 4.45. The largest absolute Gasteiger partial charge is 0.457 e. The first-order valence-electron chi connectivity index (χ1n) is 14.3. The van der Waals surface area contributed by atoms with Gasteiger partial charge in [0.05, 0.1) is 0 Å². The van der Waals surface area contributed by atoms with E-state index in [-0.39, 0.29) is 29.8 Å². The van der Waals surface area contributed by atoms with Gasteiger partial charge in [-0.25, -0.2) is 18.6 Å². The summed E-state index contributed by atoms with van der Waals surface area (Å²) in [6.07, 6.45) is 4.65. The lowest BCUT2D eigenvalue weighted by Crippen LogP contribution is -2.51. The summed E-state index contributed by atoms with van der Waals surface area (Å²) in [5.41, 5.74) is 4.83. The van der Waals surface area contributed by atoms with Gasteiger partial charge >= 0.3 is 6.03 Å². The molecule has 0 radical (unpaired) electrons. The molecular weight excluding hydrogens is 558 g/mol. The Bertz CT molecular complexity index is 1540. The quantitative estimate of drug-likeness (QED) is 0.333. The van der Waals surface area contributed by atoms with Gasteiger partial charge in [-0.15, -0.1) is 0 Å². The lowest BCUT2D eigenvalue weighted by molar-refractivity contribution is -0.132. The lowest BCUT2D eigenvalue weighted by Gasteiger charge is -2.42. The van der Waals surface area contributed by atoms with Gasteiger partial charge in [0, 0.05) is 49.1 Å². The van der Waals surface area contributed by atoms with Crippen LogP contribution in [0, 0.1) is 17.0 Å². The van der Waals surface area contributed by atoms with Gasteiger partial charge in [-0.05, 0) is 80.7 Å². The summed E-state index contributed by atoms with van der Waals surface area (Å²) in [5.74, 6) is -2.58. The normalized spacial score (nSPS) is 21.9. The zero-order chi connectivity index (χ0) is 30.1. The number of carbonyl (C=O) groups excluding carboxylic acids is 3. The van der Waals surface area contributed by atoms with E-state index in [2.05, 4.69) is 20.5 Å². The van der Waals surface area contributed by atoms with E-state index in [1.54, 1.807) is 11.0 Å². The lowest BCUT2D eigenvalue weighted by atomic mass is 9.96. The topological polar surface area (TPSA) is 130 Å². The number of amides is 4. The van der Waals surface area contributed by atoms with E-state index >= 15 is 0 Å². The summed E-state index contributed by atoms with van der Waals surface area (Å²) in [6, 6.07) is 12.3. The molecule has 4 amide bonds. The molecule has 2 aromatic carbocycles. The van der Waals surface area contributed by atoms with Crippen molar-refractivity contribution in [1.29, 1.82) is 0 Å². The van der Waals surface area contributed by atoms with E-state index in [1.807, 2.05) is 0 Å². The Kier molecular flexibility index (Phi) is 7.70. The Morgan fingerprint density at radius 3 is 2.33 bits per heavy atom.